The molecule has 2 aromatic carbocycles. The molecule has 0 radical (unpaired) electrons. The fourth-order valence-corrected chi connectivity index (χ4v) is 2.53. The van der Waals surface area contributed by atoms with E-state index in [1.807, 2.05) is 49.5 Å². The van der Waals surface area contributed by atoms with E-state index in [4.69, 9.17) is 20.8 Å². The van der Waals surface area contributed by atoms with Gasteiger partial charge in [0, 0.05) is 17.5 Å². The Hall–Kier alpha value is -1.97. The second-order valence-corrected chi connectivity index (χ2v) is 5.16. The number of furan rings is 1. The van der Waals surface area contributed by atoms with Gasteiger partial charge in [-0.2, -0.15) is 0 Å². The highest BCUT2D eigenvalue weighted by Crippen LogP contribution is 2.29. The summed E-state index contributed by atoms with van der Waals surface area (Å²) < 4.78 is 11.7. The Kier molecular flexibility index (Phi) is 4.13. The fraction of sp³-hybridized carbons (Fsp3) is 0.176. The molecule has 4 heteroatoms. The number of fused-ring (bicyclic) bond motifs is 1. The molecule has 1 heterocycles. The molecule has 1 N–H and O–H groups in total. The van der Waals surface area contributed by atoms with Crippen molar-refractivity contribution in [3.63, 3.8) is 0 Å². The lowest BCUT2D eigenvalue weighted by Gasteiger charge is -2.07. The van der Waals surface area contributed by atoms with E-state index in [1.165, 1.54) is 0 Å². The van der Waals surface area contributed by atoms with E-state index in [0.29, 0.717) is 17.4 Å². The Morgan fingerprint density at radius 3 is 2.67 bits per heavy atom. The van der Waals surface area contributed by atoms with Gasteiger partial charge in [-0.1, -0.05) is 41.9 Å². The van der Waals surface area contributed by atoms with Crippen molar-refractivity contribution < 1.29 is 9.15 Å². The van der Waals surface area contributed by atoms with Crippen molar-refractivity contribution in [2.75, 3.05) is 7.05 Å². The molecule has 0 saturated carbocycles. The number of nitrogens with one attached hydrogen (secondary N) is 1. The molecule has 0 aliphatic heterocycles. The Labute approximate surface area is 128 Å². The summed E-state index contributed by atoms with van der Waals surface area (Å²) in [4.78, 5) is 0. The van der Waals surface area contributed by atoms with Crippen molar-refractivity contribution in [2.45, 2.75) is 13.2 Å². The van der Waals surface area contributed by atoms with Crippen LogP contribution < -0.4 is 10.1 Å². The number of hydrogen-bond donors (Lipinski definition) is 1. The van der Waals surface area contributed by atoms with Crippen LogP contribution in [0.3, 0.4) is 0 Å². The molecule has 0 bridgehead atoms. The number of halogens is 1. The van der Waals surface area contributed by atoms with Gasteiger partial charge in [-0.25, -0.2) is 0 Å². The minimum atomic E-state index is 0.357. The van der Waals surface area contributed by atoms with Crippen LogP contribution in [-0.2, 0) is 13.2 Å². The molecule has 3 rings (SSSR count). The highest BCUT2D eigenvalue weighted by Gasteiger charge is 2.14. The van der Waals surface area contributed by atoms with Gasteiger partial charge in [0.05, 0.1) is 5.02 Å². The lowest BCUT2D eigenvalue weighted by Crippen LogP contribution is -2.07. The lowest BCUT2D eigenvalue weighted by atomic mass is 10.1. The third-order valence-corrected chi connectivity index (χ3v) is 3.64. The van der Waals surface area contributed by atoms with Crippen molar-refractivity contribution in [3.05, 3.63) is 64.9 Å². The zero-order valence-corrected chi connectivity index (χ0v) is 12.5. The summed E-state index contributed by atoms with van der Waals surface area (Å²) in [5.74, 6) is 1.49. The molecular formula is C17H16ClNO2. The van der Waals surface area contributed by atoms with Crippen LogP contribution in [0.5, 0.6) is 5.75 Å². The van der Waals surface area contributed by atoms with Gasteiger partial charge < -0.3 is 14.5 Å². The van der Waals surface area contributed by atoms with Crippen molar-refractivity contribution >= 4 is 22.6 Å². The molecule has 3 nitrogen and oxygen atoms in total. The van der Waals surface area contributed by atoms with Gasteiger partial charge in [-0.05, 0) is 25.2 Å². The first-order valence-electron chi connectivity index (χ1n) is 6.81. The van der Waals surface area contributed by atoms with Crippen LogP contribution in [0.1, 0.15) is 11.3 Å². The molecule has 1 aromatic heterocycles. The summed E-state index contributed by atoms with van der Waals surface area (Å²) in [6.07, 6.45) is 0. The van der Waals surface area contributed by atoms with Gasteiger partial charge in [0.15, 0.2) is 0 Å². The van der Waals surface area contributed by atoms with Crippen LogP contribution in [0, 0.1) is 0 Å². The quantitative estimate of drug-likeness (QED) is 0.759. The largest absolute Gasteiger partial charge is 0.484 e. The van der Waals surface area contributed by atoms with Gasteiger partial charge in [0.1, 0.15) is 23.7 Å². The minimum absolute atomic E-state index is 0.357. The van der Waals surface area contributed by atoms with Crippen molar-refractivity contribution in [2.24, 2.45) is 0 Å². The maximum atomic E-state index is 6.10. The molecule has 0 amide bonds. The van der Waals surface area contributed by atoms with E-state index < -0.39 is 0 Å². The van der Waals surface area contributed by atoms with Crippen LogP contribution in [0.25, 0.3) is 11.0 Å². The topological polar surface area (TPSA) is 34.4 Å². The molecule has 108 valence electrons. The molecule has 0 fully saturated rings. The summed E-state index contributed by atoms with van der Waals surface area (Å²) in [5.41, 5.74) is 2.00. The highest BCUT2D eigenvalue weighted by molar-refractivity contribution is 6.32. The Morgan fingerprint density at radius 2 is 1.86 bits per heavy atom. The SMILES string of the molecule is CNCc1c(COc2ccccc2Cl)oc2ccccc12. The summed E-state index contributed by atoms with van der Waals surface area (Å²) in [7, 11) is 1.92. The predicted octanol–water partition coefficient (Wildman–Crippen LogP) is 4.38. The maximum absolute atomic E-state index is 6.10. The summed E-state index contributed by atoms with van der Waals surface area (Å²) >= 11 is 6.10. The van der Waals surface area contributed by atoms with E-state index in [2.05, 4.69) is 11.4 Å². The van der Waals surface area contributed by atoms with Gasteiger partial charge in [-0.15, -0.1) is 0 Å². The lowest BCUT2D eigenvalue weighted by molar-refractivity contribution is 0.272. The van der Waals surface area contributed by atoms with E-state index >= 15 is 0 Å². The number of hydrogen-bond acceptors (Lipinski definition) is 3. The number of para-hydroxylation sites is 2. The molecule has 0 atom stereocenters. The Morgan fingerprint density at radius 1 is 1.10 bits per heavy atom. The monoisotopic (exact) mass is 301 g/mol. The summed E-state index contributed by atoms with van der Waals surface area (Å²) in [5, 5.41) is 4.89. The maximum Gasteiger partial charge on any atom is 0.147 e. The standard InChI is InChI=1S/C17H16ClNO2/c1-19-10-13-12-6-2-4-8-15(12)21-17(13)11-20-16-9-5-3-7-14(16)18/h2-9,19H,10-11H2,1H3. The number of benzene rings is 2. The fourth-order valence-electron chi connectivity index (χ4n) is 2.34. The first-order chi connectivity index (χ1) is 10.3. The average Bonchev–Trinajstić information content (AvgIpc) is 2.85. The van der Waals surface area contributed by atoms with Crippen LogP contribution in [0.2, 0.25) is 5.02 Å². The molecular weight excluding hydrogens is 286 g/mol. The van der Waals surface area contributed by atoms with Gasteiger partial charge in [-0.3, -0.25) is 0 Å². The second kappa shape index (κ2) is 6.20. The van der Waals surface area contributed by atoms with Crippen LogP contribution >= 0.6 is 11.6 Å². The smallest absolute Gasteiger partial charge is 0.147 e. The van der Waals surface area contributed by atoms with E-state index in [9.17, 15) is 0 Å². The first kappa shape index (κ1) is 14.0. The first-order valence-corrected chi connectivity index (χ1v) is 7.18. The van der Waals surface area contributed by atoms with Crippen LogP contribution in [0.15, 0.2) is 52.9 Å². The molecule has 0 unspecified atom stereocenters. The second-order valence-electron chi connectivity index (χ2n) is 4.75. The van der Waals surface area contributed by atoms with Gasteiger partial charge in [0.25, 0.3) is 0 Å². The van der Waals surface area contributed by atoms with E-state index in [1.54, 1.807) is 0 Å². The van der Waals surface area contributed by atoms with Crippen molar-refractivity contribution in [3.8, 4) is 5.75 Å². The van der Waals surface area contributed by atoms with Crippen molar-refractivity contribution in [1.82, 2.24) is 5.32 Å². The summed E-state index contributed by atoms with van der Waals surface area (Å²) in [6, 6.07) is 15.4. The molecule has 0 saturated heterocycles. The minimum Gasteiger partial charge on any atom is -0.484 e. The number of rotatable bonds is 5. The molecule has 3 aromatic rings. The zero-order valence-electron chi connectivity index (χ0n) is 11.7. The van der Waals surface area contributed by atoms with Crippen LogP contribution in [-0.4, -0.2) is 7.05 Å². The Bertz CT molecular complexity index is 751. The molecule has 21 heavy (non-hydrogen) atoms. The average molecular weight is 302 g/mol. The molecule has 0 aliphatic carbocycles. The number of ether oxygens (including phenoxy) is 1. The van der Waals surface area contributed by atoms with Gasteiger partial charge >= 0.3 is 0 Å². The third-order valence-electron chi connectivity index (χ3n) is 3.33. The third kappa shape index (κ3) is 2.89. The van der Waals surface area contributed by atoms with E-state index in [0.717, 1.165) is 28.8 Å². The zero-order chi connectivity index (χ0) is 14.7. The Balaban J connectivity index is 1.89. The summed E-state index contributed by atoms with van der Waals surface area (Å²) in [6.45, 7) is 1.09. The molecule has 0 aliphatic rings. The highest BCUT2D eigenvalue weighted by atomic mass is 35.5. The molecule has 0 spiro atoms. The van der Waals surface area contributed by atoms with Gasteiger partial charge in [0.2, 0.25) is 0 Å². The predicted molar refractivity (Wildman–Crippen MR) is 84.8 cm³/mol. The van der Waals surface area contributed by atoms with Crippen molar-refractivity contribution in [1.29, 1.82) is 0 Å². The normalized spacial score (nSPS) is 11.0. The van der Waals surface area contributed by atoms with Crippen LogP contribution in [0.4, 0.5) is 0 Å². The van der Waals surface area contributed by atoms with E-state index in [-0.39, 0.29) is 0 Å².